The first-order valence-corrected chi connectivity index (χ1v) is 7.85. The van der Waals surface area contributed by atoms with Gasteiger partial charge in [-0.2, -0.15) is 0 Å². The second-order valence-electron chi connectivity index (χ2n) is 6.15. The zero-order valence-electron chi connectivity index (χ0n) is 13.8. The van der Waals surface area contributed by atoms with Crippen molar-refractivity contribution in [3.8, 4) is 0 Å². The zero-order valence-corrected chi connectivity index (χ0v) is 13.8. The van der Waals surface area contributed by atoms with Crippen molar-refractivity contribution in [3.05, 3.63) is 0 Å². The Labute approximate surface area is 143 Å². The summed E-state index contributed by atoms with van der Waals surface area (Å²) in [5.41, 5.74) is 5.81. The lowest BCUT2D eigenvalue weighted by atomic mass is 9.93. The van der Waals surface area contributed by atoms with E-state index in [0.29, 0.717) is 0 Å². The highest BCUT2D eigenvalue weighted by molar-refractivity contribution is 5.75. The van der Waals surface area contributed by atoms with Crippen LogP contribution in [0.25, 0.3) is 0 Å². The number of methoxy groups -OCH3 is 1. The fourth-order valence-electron chi connectivity index (χ4n) is 2.90. The normalized spacial score (nSPS) is 48.2. The minimum absolute atomic E-state index is 0.507. The molecule has 0 saturated carbocycles. The number of rotatable bonds is 4. The Bertz CT molecular complexity index is 463. The largest absolute Gasteiger partial charge is 0.467 e. The van der Waals surface area contributed by atoms with E-state index in [0.717, 1.165) is 7.11 Å². The number of hydrogen-bond donors (Lipinski definition) is 6. The van der Waals surface area contributed by atoms with Crippen molar-refractivity contribution in [1.29, 1.82) is 0 Å². The van der Waals surface area contributed by atoms with Crippen LogP contribution < -0.4 is 5.73 Å². The molecule has 0 aromatic carbocycles. The summed E-state index contributed by atoms with van der Waals surface area (Å²) in [5, 5.41) is 49.5. The molecule has 146 valence electrons. The molecule has 10 unspecified atom stereocenters. The van der Waals surface area contributed by atoms with Crippen LogP contribution in [0.2, 0.25) is 0 Å². The van der Waals surface area contributed by atoms with Crippen LogP contribution in [0.4, 0.5) is 0 Å². The van der Waals surface area contributed by atoms with Gasteiger partial charge in [0.05, 0.1) is 25.9 Å². The molecule has 0 bridgehead atoms. The molecule has 2 saturated heterocycles. The van der Waals surface area contributed by atoms with E-state index in [9.17, 15) is 30.3 Å². The molecule has 2 fully saturated rings. The van der Waals surface area contributed by atoms with Gasteiger partial charge >= 0.3 is 5.97 Å². The van der Waals surface area contributed by atoms with Crippen molar-refractivity contribution in [1.82, 2.24) is 0 Å². The summed E-state index contributed by atoms with van der Waals surface area (Å²) in [6, 6.07) is -0.833. The van der Waals surface area contributed by atoms with Crippen LogP contribution in [0.5, 0.6) is 0 Å². The summed E-state index contributed by atoms with van der Waals surface area (Å²) in [5.74, 6) is -0.975. The quantitative estimate of drug-likeness (QED) is 0.265. The van der Waals surface area contributed by atoms with Gasteiger partial charge in [0.15, 0.2) is 12.4 Å². The van der Waals surface area contributed by atoms with Crippen LogP contribution in [-0.2, 0) is 23.7 Å². The molecular weight excluding hydrogens is 342 g/mol. The molecule has 25 heavy (non-hydrogen) atoms. The van der Waals surface area contributed by atoms with Crippen LogP contribution >= 0.6 is 0 Å². The Morgan fingerprint density at radius 1 is 1.08 bits per heavy atom. The molecule has 11 heteroatoms. The van der Waals surface area contributed by atoms with Gasteiger partial charge in [0.2, 0.25) is 0 Å². The molecule has 0 amide bonds. The molecule has 0 aliphatic carbocycles. The molecule has 0 radical (unpaired) electrons. The summed E-state index contributed by atoms with van der Waals surface area (Å²) in [6.45, 7) is 1.11. The number of esters is 1. The predicted molar refractivity (Wildman–Crippen MR) is 79.0 cm³/mol. The molecule has 7 N–H and O–H groups in total. The Morgan fingerprint density at radius 2 is 1.72 bits per heavy atom. The molecule has 2 heterocycles. The number of ether oxygens (including phenoxy) is 4. The summed E-state index contributed by atoms with van der Waals surface area (Å²) in [4.78, 5) is 11.7. The maximum atomic E-state index is 11.7. The highest BCUT2D eigenvalue weighted by atomic mass is 16.7. The van der Waals surface area contributed by atoms with Gasteiger partial charge in [0.25, 0.3) is 0 Å². The van der Waals surface area contributed by atoms with Gasteiger partial charge < -0.3 is 50.2 Å². The van der Waals surface area contributed by atoms with E-state index in [2.05, 4.69) is 4.74 Å². The minimum Gasteiger partial charge on any atom is -0.467 e. The van der Waals surface area contributed by atoms with Gasteiger partial charge in [0, 0.05) is 0 Å². The van der Waals surface area contributed by atoms with Gasteiger partial charge in [-0.3, -0.25) is 0 Å². The summed E-state index contributed by atoms with van der Waals surface area (Å²) in [6.07, 6.45) is -12.4. The number of aliphatic hydroxyl groups is 5. The highest BCUT2D eigenvalue weighted by Crippen LogP contribution is 2.28. The first kappa shape index (κ1) is 20.4. The third-order valence-corrected chi connectivity index (χ3v) is 4.50. The number of hydrogen-bond acceptors (Lipinski definition) is 11. The van der Waals surface area contributed by atoms with E-state index in [4.69, 9.17) is 19.9 Å². The molecule has 2 rings (SSSR count). The third kappa shape index (κ3) is 3.94. The first-order valence-electron chi connectivity index (χ1n) is 7.85. The van der Waals surface area contributed by atoms with Gasteiger partial charge in [-0.25, -0.2) is 4.79 Å². The molecule has 11 nitrogen and oxygen atoms in total. The Morgan fingerprint density at radius 3 is 2.28 bits per heavy atom. The first-order chi connectivity index (χ1) is 11.7. The van der Waals surface area contributed by atoms with E-state index in [1.165, 1.54) is 0 Å². The fourth-order valence-corrected chi connectivity index (χ4v) is 2.90. The Kier molecular flexibility index (Phi) is 6.70. The van der Waals surface area contributed by atoms with Crippen molar-refractivity contribution in [2.24, 2.45) is 5.73 Å². The maximum Gasteiger partial charge on any atom is 0.337 e. The van der Waals surface area contributed by atoms with Gasteiger partial charge in [0.1, 0.15) is 36.6 Å². The monoisotopic (exact) mass is 367 g/mol. The van der Waals surface area contributed by atoms with Crippen LogP contribution in [-0.4, -0.2) is 106 Å². The number of carbonyl (C=O) groups is 1. The van der Waals surface area contributed by atoms with E-state index in [1.54, 1.807) is 6.92 Å². The second-order valence-corrected chi connectivity index (χ2v) is 6.15. The summed E-state index contributed by atoms with van der Waals surface area (Å²) < 4.78 is 20.6. The van der Waals surface area contributed by atoms with Gasteiger partial charge in [-0.05, 0) is 6.92 Å². The Hall–Kier alpha value is -0.890. The van der Waals surface area contributed by atoms with Crippen molar-refractivity contribution < 1.29 is 49.3 Å². The van der Waals surface area contributed by atoms with Crippen LogP contribution in [0.3, 0.4) is 0 Å². The van der Waals surface area contributed by atoms with E-state index >= 15 is 0 Å². The standard InChI is InChI=1S/C14H25NO10/c1-4-6(15)7(17)11(5(3-16)23-4)24-14-10(20)8(18)9(19)12(25-14)13(21)22-2/h4-12,14,16-20H,3,15H2,1-2H3. The second kappa shape index (κ2) is 8.20. The average molecular weight is 367 g/mol. The number of nitrogens with two attached hydrogens (primary N) is 1. The maximum absolute atomic E-state index is 11.7. The lowest BCUT2D eigenvalue weighted by Crippen LogP contribution is -2.66. The molecule has 0 aromatic rings. The van der Waals surface area contributed by atoms with Gasteiger partial charge in [-0.15, -0.1) is 0 Å². The van der Waals surface area contributed by atoms with Crippen molar-refractivity contribution in [3.63, 3.8) is 0 Å². The van der Waals surface area contributed by atoms with E-state index in [-0.39, 0.29) is 0 Å². The van der Waals surface area contributed by atoms with E-state index < -0.39 is 73.7 Å². The average Bonchev–Trinajstić information content (AvgIpc) is 2.61. The molecule has 2 aliphatic heterocycles. The highest BCUT2D eigenvalue weighted by Gasteiger charge is 2.51. The summed E-state index contributed by atoms with van der Waals surface area (Å²) in [7, 11) is 1.06. The molecule has 2 aliphatic rings. The van der Waals surface area contributed by atoms with E-state index in [1.807, 2.05) is 0 Å². The molecule has 10 atom stereocenters. The summed E-state index contributed by atoms with van der Waals surface area (Å²) >= 11 is 0. The van der Waals surface area contributed by atoms with Crippen molar-refractivity contribution in [2.75, 3.05) is 13.7 Å². The topological polar surface area (TPSA) is 181 Å². The lowest BCUT2D eigenvalue weighted by molar-refractivity contribution is -0.329. The zero-order chi connectivity index (χ0) is 18.9. The smallest absolute Gasteiger partial charge is 0.337 e. The van der Waals surface area contributed by atoms with Crippen LogP contribution in [0, 0.1) is 0 Å². The van der Waals surface area contributed by atoms with Crippen molar-refractivity contribution in [2.45, 2.75) is 68.1 Å². The lowest BCUT2D eigenvalue weighted by Gasteiger charge is -2.45. The molecule has 0 spiro atoms. The molecule has 0 aromatic heterocycles. The van der Waals surface area contributed by atoms with Crippen molar-refractivity contribution >= 4 is 5.97 Å². The fraction of sp³-hybridized carbons (Fsp3) is 0.929. The van der Waals surface area contributed by atoms with Crippen LogP contribution in [0.15, 0.2) is 0 Å². The third-order valence-electron chi connectivity index (χ3n) is 4.50. The number of carbonyl (C=O) groups excluding carboxylic acids is 1. The van der Waals surface area contributed by atoms with Gasteiger partial charge in [-0.1, -0.05) is 0 Å². The SMILES string of the molecule is COC(=O)C1OC(OC2C(CO)OC(C)C(N)C2O)C(O)C(O)C1O. The minimum atomic E-state index is -1.76. The number of aliphatic hydroxyl groups excluding tert-OH is 5. The molecular formula is C14H25NO10. The predicted octanol–water partition coefficient (Wildman–Crippen LogP) is -4.18. The van der Waals surface area contributed by atoms with Crippen LogP contribution in [0.1, 0.15) is 6.92 Å². The Balaban J connectivity index is 2.17.